The van der Waals surface area contributed by atoms with Crippen LogP contribution in [0.2, 0.25) is 10.0 Å². The molecule has 0 atom stereocenters. The van der Waals surface area contributed by atoms with Crippen LogP contribution in [-0.2, 0) is 6.61 Å². The highest BCUT2D eigenvalue weighted by molar-refractivity contribution is 9.10. The van der Waals surface area contributed by atoms with Gasteiger partial charge in [-0.25, -0.2) is 5.43 Å². The SMILES string of the molecule is COc1cc(/C=N/NC(=O)c2ccc(-n3c(C)ccc3-c3ccccc3)cc2)cc(Br)c1OCc1ccc(Cl)c(Cl)c1. The zero-order chi connectivity index (χ0) is 29.6. The summed E-state index contributed by atoms with van der Waals surface area (Å²) in [5, 5.41) is 5.08. The Balaban J connectivity index is 1.25. The van der Waals surface area contributed by atoms with E-state index >= 15 is 0 Å². The molecule has 0 radical (unpaired) electrons. The smallest absolute Gasteiger partial charge is 0.271 e. The van der Waals surface area contributed by atoms with Crippen molar-refractivity contribution in [3.05, 3.63) is 134 Å². The third-order valence-electron chi connectivity index (χ3n) is 6.53. The second-order valence-electron chi connectivity index (χ2n) is 9.38. The summed E-state index contributed by atoms with van der Waals surface area (Å²) in [6, 6.07) is 30.7. The van der Waals surface area contributed by atoms with E-state index in [-0.39, 0.29) is 12.5 Å². The molecule has 0 spiro atoms. The number of halogens is 3. The standard InChI is InChI=1S/C33H26BrCl2N3O3/c1-21-8-15-30(24-6-4-3-5-7-24)39(21)26-12-10-25(11-13-26)33(40)38-37-19-23-16-27(34)32(31(18-23)41-2)42-20-22-9-14-28(35)29(36)17-22/h3-19H,20H2,1-2H3,(H,38,40)/b37-19+. The number of carbonyl (C=O) groups excluding carboxylic acids is 1. The zero-order valence-electron chi connectivity index (χ0n) is 22.8. The Morgan fingerprint density at radius 1 is 0.952 bits per heavy atom. The molecule has 4 aromatic carbocycles. The second-order valence-corrected chi connectivity index (χ2v) is 11.0. The average molecular weight is 663 g/mol. The van der Waals surface area contributed by atoms with Gasteiger partial charge in [-0.2, -0.15) is 5.10 Å². The molecular weight excluding hydrogens is 637 g/mol. The number of methoxy groups -OCH3 is 1. The lowest BCUT2D eigenvalue weighted by Crippen LogP contribution is -2.17. The molecule has 0 aliphatic rings. The number of hydrazone groups is 1. The zero-order valence-corrected chi connectivity index (χ0v) is 25.9. The van der Waals surface area contributed by atoms with E-state index in [0.29, 0.717) is 37.1 Å². The molecule has 1 aromatic heterocycles. The van der Waals surface area contributed by atoms with E-state index in [1.165, 1.54) is 6.21 Å². The Hall–Kier alpha value is -4.04. The third kappa shape index (κ3) is 6.71. The Morgan fingerprint density at radius 2 is 1.71 bits per heavy atom. The normalized spacial score (nSPS) is 11.1. The Bertz CT molecular complexity index is 1750. The van der Waals surface area contributed by atoms with Crippen molar-refractivity contribution in [1.82, 2.24) is 9.99 Å². The van der Waals surface area contributed by atoms with Crippen LogP contribution in [0.4, 0.5) is 0 Å². The van der Waals surface area contributed by atoms with Gasteiger partial charge < -0.3 is 14.0 Å². The lowest BCUT2D eigenvalue weighted by Gasteiger charge is -2.14. The molecule has 6 nitrogen and oxygen atoms in total. The first-order valence-corrected chi connectivity index (χ1v) is 14.5. The highest BCUT2D eigenvalue weighted by Crippen LogP contribution is 2.37. The van der Waals surface area contributed by atoms with Gasteiger partial charge in [0, 0.05) is 16.9 Å². The fourth-order valence-electron chi connectivity index (χ4n) is 4.45. The molecule has 212 valence electrons. The van der Waals surface area contributed by atoms with Crippen molar-refractivity contribution in [2.24, 2.45) is 5.10 Å². The molecule has 0 aliphatic heterocycles. The van der Waals surface area contributed by atoms with Gasteiger partial charge in [-0.3, -0.25) is 4.79 Å². The predicted molar refractivity (Wildman–Crippen MR) is 172 cm³/mol. The number of carbonyl (C=O) groups is 1. The van der Waals surface area contributed by atoms with Gasteiger partial charge in [-0.05, 0) is 100 Å². The maximum absolute atomic E-state index is 12.8. The number of aromatic nitrogens is 1. The van der Waals surface area contributed by atoms with E-state index < -0.39 is 0 Å². The van der Waals surface area contributed by atoms with Crippen molar-refractivity contribution in [2.45, 2.75) is 13.5 Å². The summed E-state index contributed by atoms with van der Waals surface area (Å²) >= 11 is 15.6. The van der Waals surface area contributed by atoms with Gasteiger partial charge in [-0.15, -0.1) is 0 Å². The summed E-state index contributed by atoms with van der Waals surface area (Å²) in [7, 11) is 1.55. The van der Waals surface area contributed by atoms with Gasteiger partial charge in [0.2, 0.25) is 0 Å². The van der Waals surface area contributed by atoms with Gasteiger partial charge in [0.05, 0.1) is 33.5 Å². The van der Waals surface area contributed by atoms with Crippen LogP contribution in [0.25, 0.3) is 16.9 Å². The number of hydrogen-bond acceptors (Lipinski definition) is 4. The molecule has 0 saturated heterocycles. The van der Waals surface area contributed by atoms with Crippen LogP contribution >= 0.6 is 39.1 Å². The lowest BCUT2D eigenvalue weighted by atomic mass is 10.1. The molecule has 5 rings (SSSR count). The van der Waals surface area contributed by atoms with Crippen LogP contribution in [0, 0.1) is 6.92 Å². The van der Waals surface area contributed by atoms with Gasteiger partial charge >= 0.3 is 0 Å². The summed E-state index contributed by atoms with van der Waals surface area (Å²) in [5.74, 6) is 0.707. The minimum atomic E-state index is -0.321. The summed E-state index contributed by atoms with van der Waals surface area (Å²) in [6.07, 6.45) is 1.54. The highest BCUT2D eigenvalue weighted by Gasteiger charge is 2.13. The molecular formula is C33H26BrCl2N3O3. The number of rotatable bonds is 9. The van der Waals surface area contributed by atoms with Gasteiger partial charge in [0.1, 0.15) is 6.61 Å². The quantitative estimate of drug-likeness (QED) is 0.127. The van der Waals surface area contributed by atoms with Crippen molar-refractivity contribution in [1.29, 1.82) is 0 Å². The van der Waals surface area contributed by atoms with Crippen LogP contribution in [-0.4, -0.2) is 23.8 Å². The van der Waals surface area contributed by atoms with Crippen molar-refractivity contribution in [3.8, 4) is 28.4 Å². The van der Waals surface area contributed by atoms with E-state index in [1.807, 2.05) is 42.5 Å². The topological polar surface area (TPSA) is 64.8 Å². The van der Waals surface area contributed by atoms with Gasteiger partial charge in [-0.1, -0.05) is 59.6 Å². The monoisotopic (exact) mass is 661 g/mol. The number of nitrogens with one attached hydrogen (secondary N) is 1. The number of benzene rings is 4. The molecule has 0 fully saturated rings. The molecule has 0 unspecified atom stereocenters. The molecule has 5 aromatic rings. The maximum atomic E-state index is 12.8. The first kappa shape index (κ1) is 29.5. The number of aryl methyl sites for hydroxylation is 1. The Labute approximate surface area is 262 Å². The van der Waals surface area contributed by atoms with Gasteiger partial charge in [0.15, 0.2) is 11.5 Å². The molecule has 0 aliphatic carbocycles. The first-order valence-electron chi connectivity index (χ1n) is 13.0. The number of hydrogen-bond donors (Lipinski definition) is 1. The fourth-order valence-corrected chi connectivity index (χ4v) is 5.34. The van der Waals surface area contributed by atoms with Crippen LogP contribution in [0.1, 0.15) is 27.2 Å². The van der Waals surface area contributed by atoms with Crippen molar-refractivity contribution in [2.75, 3.05) is 7.11 Å². The van der Waals surface area contributed by atoms with E-state index in [2.05, 4.69) is 62.2 Å². The molecule has 9 heteroatoms. The lowest BCUT2D eigenvalue weighted by molar-refractivity contribution is 0.0955. The second kappa shape index (κ2) is 13.3. The molecule has 42 heavy (non-hydrogen) atoms. The van der Waals surface area contributed by atoms with E-state index in [4.69, 9.17) is 32.7 Å². The summed E-state index contributed by atoms with van der Waals surface area (Å²) < 4.78 is 14.3. The number of amides is 1. The third-order valence-corrected chi connectivity index (χ3v) is 7.86. The Kier molecular flexibility index (Phi) is 9.32. The minimum absolute atomic E-state index is 0.269. The van der Waals surface area contributed by atoms with Crippen LogP contribution in [0.3, 0.4) is 0 Å². The van der Waals surface area contributed by atoms with Crippen LogP contribution in [0.15, 0.2) is 107 Å². The maximum Gasteiger partial charge on any atom is 0.271 e. The highest BCUT2D eigenvalue weighted by atomic mass is 79.9. The molecule has 1 heterocycles. The minimum Gasteiger partial charge on any atom is -0.493 e. The summed E-state index contributed by atoms with van der Waals surface area (Å²) in [6.45, 7) is 2.33. The van der Waals surface area contributed by atoms with E-state index in [9.17, 15) is 4.79 Å². The predicted octanol–water partition coefficient (Wildman–Crippen LogP) is 8.87. The average Bonchev–Trinajstić information content (AvgIpc) is 3.39. The van der Waals surface area contributed by atoms with Crippen molar-refractivity contribution >= 4 is 51.3 Å². The van der Waals surface area contributed by atoms with E-state index in [1.54, 1.807) is 37.4 Å². The van der Waals surface area contributed by atoms with Crippen molar-refractivity contribution in [3.63, 3.8) is 0 Å². The fraction of sp³-hybridized carbons (Fsp3) is 0.0909. The summed E-state index contributed by atoms with van der Waals surface area (Å²) in [4.78, 5) is 12.8. The van der Waals surface area contributed by atoms with Crippen LogP contribution < -0.4 is 14.9 Å². The van der Waals surface area contributed by atoms with E-state index in [0.717, 1.165) is 28.2 Å². The summed E-state index contributed by atoms with van der Waals surface area (Å²) in [5.41, 5.74) is 8.92. The number of ether oxygens (including phenoxy) is 2. The molecule has 0 saturated carbocycles. The largest absolute Gasteiger partial charge is 0.493 e. The number of nitrogens with zero attached hydrogens (tertiary/aromatic N) is 2. The van der Waals surface area contributed by atoms with Gasteiger partial charge in [0.25, 0.3) is 5.91 Å². The first-order chi connectivity index (χ1) is 20.3. The molecule has 1 amide bonds. The van der Waals surface area contributed by atoms with Crippen LogP contribution in [0.5, 0.6) is 11.5 Å². The molecule has 0 bridgehead atoms. The van der Waals surface area contributed by atoms with Crippen molar-refractivity contribution < 1.29 is 14.3 Å². The molecule has 1 N–H and O–H groups in total. The Morgan fingerprint density at radius 3 is 2.43 bits per heavy atom.